The molecule has 2 aromatic carbocycles. The molecule has 0 bridgehead atoms. The van der Waals surface area contributed by atoms with Crippen molar-refractivity contribution in [3.05, 3.63) is 71.0 Å². The van der Waals surface area contributed by atoms with Crippen molar-refractivity contribution in [2.45, 2.75) is 12.5 Å². The Balaban J connectivity index is 2.12. The quantitative estimate of drug-likeness (QED) is 0.876. The van der Waals surface area contributed by atoms with Crippen LogP contribution in [0.4, 0.5) is 4.39 Å². The van der Waals surface area contributed by atoms with Crippen LogP contribution in [0.2, 0.25) is 0 Å². The first-order chi connectivity index (χ1) is 11.0. The molecule has 2 aromatic rings. The number of carbonyl (C=O) groups is 2. The molecule has 0 aliphatic rings. The van der Waals surface area contributed by atoms with Gasteiger partial charge in [-0.3, -0.25) is 9.59 Å². The summed E-state index contributed by atoms with van der Waals surface area (Å²) in [4.78, 5) is 23.6. The van der Waals surface area contributed by atoms with Gasteiger partial charge in [0, 0.05) is 6.42 Å². The lowest BCUT2D eigenvalue weighted by Crippen LogP contribution is -2.46. The van der Waals surface area contributed by atoms with E-state index in [1.54, 1.807) is 24.3 Å². The fourth-order valence-electron chi connectivity index (χ4n) is 2.06. The monoisotopic (exact) mass is 311 g/mol. The molecule has 0 fully saturated rings. The van der Waals surface area contributed by atoms with Gasteiger partial charge in [0.1, 0.15) is 11.9 Å². The summed E-state index contributed by atoms with van der Waals surface area (Å²) in [5, 5.41) is 11.2. The predicted octanol–water partition coefficient (Wildman–Crippen LogP) is 1.52. The summed E-state index contributed by atoms with van der Waals surface area (Å²) in [5.74, 6) is -2.11. The Bertz CT molecular complexity index is 766. The van der Waals surface area contributed by atoms with Gasteiger partial charge in [0.25, 0.3) is 5.91 Å². The summed E-state index contributed by atoms with van der Waals surface area (Å²) < 4.78 is 13.6. The van der Waals surface area contributed by atoms with E-state index in [4.69, 9.17) is 11.0 Å². The smallest absolute Gasteiger partial charge is 0.254 e. The highest BCUT2D eigenvalue weighted by atomic mass is 19.1. The zero-order valence-electron chi connectivity index (χ0n) is 12.1. The van der Waals surface area contributed by atoms with E-state index in [0.29, 0.717) is 5.56 Å². The molecule has 2 rings (SSSR count). The maximum Gasteiger partial charge on any atom is 0.254 e. The molecule has 0 radical (unpaired) electrons. The molecule has 1 atom stereocenters. The number of primary amides is 1. The Hall–Kier alpha value is -3.20. The van der Waals surface area contributed by atoms with Crippen molar-refractivity contribution < 1.29 is 14.0 Å². The van der Waals surface area contributed by atoms with Gasteiger partial charge in [-0.25, -0.2) is 4.39 Å². The molecule has 6 heteroatoms. The average Bonchev–Trinajstić information content (AvgIpc) is 2.55. The number of benzene rings is 2. The molecule has 0 spiro atoms. The van der Waals surface area contributed by atoms with Crippen molar-refractivity contribution in [3.63, 3.8) is 0 Å². The van der Waals surface area contributed by atoms with Crippen LogP contribution in [0.5, 0.6) is 0 Å². The summed E-state index contributed by atoms with van der Waals surface area (Å²) in [7, 11) is 0. The van der Waals surface area contributed by atoms with E-state index in [9.17, 15) is 14.0 Å². The zero-order chi connectivity index (χ0) is 16.8. The van der Waals surface area contributed by atoms with Crippen molar-refractivity contribution in [3.8, 4) is 6.07 Å². The molecule has 0 heterocycles. The van der Waals surface area contributed by atoms with Gasteiger partial charge in [0.15, 0.2) is 0 Å². The summed E-state index contributed by atoms with van der Waals surface area (Å²) in [6.07, 6.45) is 0.154. The molecule has 0 aliphatic carbocycles. The Morgan fingerprint density at radius 3 is 2.39 bits per heavy atom. The van der Waals surface area contributed by atoms with Gasteiger partial charge in [-0.2, -0.15) is 5.26 Å². The van der Waals surface area contributed by atoms with Crippen LogP contribution in [0.1, 0.15) is 21.5 Å². The highest BCUT2D eigenvalue weighted by Gasteiger charge is 2.21. The van der Waals surface area contributed by atoms with Crippen LogP contribution in [0.15, 0.2) is 48.5 Å². The Morgan fingerprint density at radius 1 is 1.17 bits per heavy atom. The second-order valence-electron chi connectivity index (χ2n) is 4.92. The topological polar surface area (TPSA) is 96.0 Å². The lowest BCUT2D eigenvalue weighted by molar-refractivity contribution is -0.119. The molecule has 0 aromatic heterocycles. The normalized spacial score (nSPS) is 11.3. The maximum atomic E-state index is 13.6. The highest BCUT2D eigenvalue weighted by molar-refractivity contribution is 5.97. The number of amides is 2. The minimum absolute atomic E-state index is 0.154. The molecule has 3 N–H and O–H groups in total. The van der Waals surface area contributed by atoms with Gasteiger partial charge in [0.05, 0.1) is 17.2 Å². The fraction of sp³-hybridized carbons (Fsp3) is 0.118. The summed E-state index contributed by atoms with van der Waals surface area (Å²) in [6, 6.07) is 13.0. The van der Waals surface area contributed by atoms with E-state index in [1.165, 1.54) is 18.2 Å². The van der Waals surface area contributed by atoms with Crippen LogP contribution in [-0.2, 0) is 11.2 Å². The van der Waals surface area contributed by atoms with E-state index in [2.05, 4.69) is 5.32 Å². The van der Waals surface area contributed by atoms with Crippen molar-refractivity contribution >= 4 is 11.8 Å². The van der Waals surface area contributed by atoms with E-state index in [0.717, 1.165) is 11.6 Å². The number of nitrogens with zero attached hydrogens (tertiary/aromatic N) is 1. The van der Waals surface area contributed by atoms with E-state index in [1.807, 2.05) is 6.07 Å². The Morgan fingerprint density at radius 2 is 1.83 bits per heavy atom. The number of nitriles is 1. The van der Waals surface area contributed by atoms with Gasteiger partial charge in [0.2, 0.25) is 5.91 Å². The molecular weight excluding hydrogens is 297 g/mol. The molecule has 116 valence electrons. The summed E-state index contributed by atoms with van der Waals surface area (Å²) in [5.41, 5.74) is 6.36. The van der Waals surface area contributed by atoms with Crippen LogP contribution in [0.3, 0.4) is 0 Å². The first kappa shape index (κ1) is 16.2. The van der Waals surface area contributed by atoms with Crippen LogP contribution >= 0.6 is 0 Å². The standard InChI is InChI=1S/C17H14FN3O2/c18-14-4-2-1-3-13(14)17(23)21-15(16(20)22)9-11-5-7-12(10-19)8-6-11/h1-8,15H,9H2,(H2,20,22)(H,21,23)/t15-/m1/s1. The molecule has 0 aliphatic heterocycles. The van der Waals surface area contributed by atoms with E-state index < -0.39 is 23.7 Å². The third kappa shape index (κ3) is 4.14. The van der Waals surface area contributed by atoms with Gasteiger partial charge in [-0.05, 0) is 29.8 Å². The molecule has 23 heavy (non-hydrogen) atoms. The van der Waals surface area contributed by atoms with Gasteiger partial charge < -0.3 is 11.1 Å². The molecule has 5 nitrogen and oxygen atoms in total. The van der Waals surface area contributed by atoms with E-state index >= 15 is 0 Å². The van der Waals surface area contributed by atoms with Gasteiger partial charge in [-0.1, -0.05) is 24.3 Å². The lowest BCUT2D eigenvalue weighted by atomic mass is 10.0. The number of halogens is 1. The van der Waals surface area contributed by atoms with Crippen molar-refractivity contribution in [2.75, 3.05) is 0 Å². The third-order valence-corrected chi connectivity index (χ3v) is 3.29. The second kappa shape index (κ2) is 7.18. The van der Waals surface area contributed by atoms with Crippen LogP contribution in [-0.4, -0.2) is 17.9 Å². The zero-order valence-corrected chi connectivity index (χ0v) is 12.1. The molecule has 2 amide bonds. The number of carbonyl (C=O) groups excluding carboxylic acids is 2. The number of nitrogens with two attached hydrogens (primary N) is 1. The lowest BCUT2D eigenvalue weighted by Gasteiger charge is -2.16. The largest absolute Gasteiger partial charge is 0.368 e. The summed E-state index contributed by atoms with van der Waals surface area (Å²) in [6.45, 7) is 0. The van der Waals surface area contributed by atoms with Gasteiger partial charge in [-0.15, -0.1) is 0 Å². The third-order valence-electron chi connectivity index (χ3n) is 3.29. The SMILES string of the molecule is N#Cc1ccc(C[C@@H](NC(=O)c2ccccc2F)C(N)=O)cc1. The molecule has 0 saturated heterocycles. The number of rotatable bonds is 5. The van der Waals surface area contributed by atoms with Crippen molar-refractivity contribution in [2.24, 2.45) is 5.73 Å². The Labute approximate surface area is 132 Å². The average molecular weight is 311 g/mol. The minimum Gasteiger partial charge on any atom is -0.368 e. The Kier molecular flexibility index (Phi) is 5.05. The minimum atomic E-state index is -0.977. The highest BCUT2D eigenvalue weighted by Crippen LogP contribution is 2.09. The first-order valence-corrected chi connectivity index (χ1v) is 6.85. The second-order valence-corrected chi connectivity index (χ2v) is 4.92. The maximum absolute atomic E-state index is 13.6. The first-order valence-electron chi connectivity index (χ1n) is 6.85. The van der Waals surface area contributed by atoms with Crippen LogP contribution in [0.25, 0.3) is 0 Å². The number of nitrogens with one attached hydrogen (secondary N) is 1. The number of hydrogen-bond donors (Lipinski definition) is 2. The van der Waals surface area contributed by atoms with Crippen LogP contribution < -0.4 is 11.1 Å². The fourth-order valence-corrected chi connectivity index (χ4v) is 2.06. The van der Waals surface area contributed by atoms with Crippen molar-refractivity contribution in [1.82, 2.24) is 5.32 Å². The predicted molar refractivity (Wildman–Crippen MR) is 81.7 cm³/mol. The summed E-state index contributed by atoms with van der Waals surface area (Å²) >= 11 is 0. The number of hydrogen-bond acceptors (Lipinski definition) is 3. The van der Waals surface area contributed by atoms with Crippen LogP contribution in [0, 0.1) is 17.1 Å². The van der Waals surface area contributed by atoms with Crippen molar-refractivity contribution in [1.29, 1.82) is 5.26 Å². The molecular formula is C17H14FN3O2. The van der Waals surface area contributed by atoms with Gasteiger partial charge >= 0.3 is 0 Å². The molecule has 0 unspecified atom stereocenters. The van der Waals surface area contributed by atoms with E-state index in [-0.39, 0.29) is 12.0 Å². The molecule has 0 saturated carbocycles.